The Balaban J connectivity index is 2.30. The van der Waals surface area contributed by atoms with E-state index in [0.717, 1.165) is 12.1 Å². The van der Waals surface area contributed by atoms with Crippen molar-refractivity contribution in [1.29, 1.82) is 0 Å². The molecule has 2 N–H and O–H groups in total. The average Bonchev–Trinajstić information content (AvgIpc) is 2.39. The van der Waals surface area contributed by atoms with Gasteiger partial charge < -0.3 is 10.6 Å². The van der Waals surface area contributed by atoms with Gasteiger partial charge in [0.05, 0.1) is 22.6 Å². The van der Waals surface area contributed by atoms with Gasteiger partial charge in [0.2, 0.25) is 0 Å². The van der Waals surface area contributed by atoms with Gasteiger partial charge in [-0.1, -0.05) is 0 Å². The lowest BCUT2D eigenvalue weighted by Crippen LogP contribution is -2.44. The van der Waals surface area contributed by atoms with Crippen LogP contribution in [0.4, 0.5) is 18.9 Å². The molecule has 0 radical (unpaired) electrons. The molecule has 1 aliphatic rings. The third-order valence-electron chi connectivity index (χ3n) is 3.68. The van der Waals surface area contributed by atoms with Crippen molar-refractivity contribution < 1.29 is 26.4 Å². The number of halogens is 3. The third kappa shape index (κ3) is 3.18. The van der Waals surface area contributed by atoms with Crippen LogP contribution in [0.25, 0.3) is 0 Å². The van der Waals surface area contributed by atoms with Crippen LogP contribution in [0.3, 0.4) is 0 Å². The summed E-state index contributed by atoms with van der Waals surface area (Å²) in [5, 5.41) is 0. The van der Waals surface area contributed by atoms with E-state index in [0.29, 0.717) is 0 Å². The average molecular weight is 336 g/mol. The van der Waals surface area contributed by atoms with Gasteiger partial charge in [-0.25, -0.2) is 8.42 Å². The Labute approximate surface area is 125 Å². The molecule has 1 aromatic rings. The first-order chi connectivity index (χ1) is 10.0. The number of alkyl halides is 3. The number of anilines is 1. The van der Waals surface area contributed by atoms with E-state index in [4.69, 9.17) is 5.73 Å². The van der Waals surface area contributed by atoms with Gasteiger partial charge in [-0.2, -0.15) is 13.2 Å². The third-order valence-corrected chi connectivity index (χ3v) is 5.29. The molecule has 5 nitrogen and oxygen atoms in total. The van der Waals surface area contributed by atoms with Gasteiger partial charge in [0, 0.05) is 18.8 Å². The second-order valence-corrected chi connectivity index (χ2v) is 7.44. The predicted molar refractivity (Wildman–Crippen MR) is 75.2 cm³/mol. The highest BCUT2D eigenvalue weighted by Crippen LogP contribution is 2.35. The van der Waals surface area contributed by atoms with Crippen LogP contribution in [0.2, 0.25) is 0 Å². The molecule has 1 aromatic carbocycles. The second-order valence-electron chi connectivity index (χ2n) is 5.14. The van der Waals surface area contributed by atoms with E-state index >= 15 is 0 Å². The Kier molecular flexibility index (Phi) is 4.12. The monoisotopic (exact) mass is 336 g/mol. The van der Waals surface area contributed by atoms with E-state index in [9.17, 15) is 26.4 Å². The van der Waals surface area contributed by atoms with Gasteiger partial charge in [-0.05, 0) is 24.6 Å². The molecular weight excluding hydrogens is 321 g/mol. The molecule has 9 heteroatoms. The first kappa shape index (κ1) is 16.6. The lowest BCUT2D eigenvalue weighted by atomic mass is 10.0. The van der Waals surface area contributed by atoms with E-state index in [2.05, 4.69) is 0 Å². The summed E-state index contributed by atoms with van der Waals surface area (Å²) in [6.45, 7) is 1.23. The molecule has 0 saturated carbocycles. The molecule has 0 bridgehead atoms. The van der Waals surface area contributed by atoms with Crippen LogP contribution in [0.15, 0.2) is 12.1 Å². The summed E-state index contributed by atoms with van der Waals surface area (Å²) < 4.78 is 61.0. The number of rotatable bonds is 1. The zero-order valence-electron chi connectivity index (χ0n) is 11.8. The maximum atomic E-state index is 12.8. The zero-order chi connectivity index (χ0) is 16.7. The molecule has 0 spiro atoms. The molecule has 1 aliphatic heterocycles. The van der Waals surface area contributed by atoms with Crippen LogP contribution < -0.4 is 5.73 Å². The fourth-order valence-corrected chi connectivity index (χ4v) is 3.51. The van der Waals surface area contributed by atoms with Crippen molar-refractivity contribution in [2.24, 2.45) is 0 Å². The smallest absolute Gasteiger partial charge is 0.398 e. The fraction of sp³-hybridized carbons (Fsp3) is 0.462. The Morgan fingerprint density at radius 1 is 1.23 bits per heavy atom. The highest BCUT2D eigenvalue weighted by molar-refractivity contribution is 7.91. The lowest BCUT2D eigenvalue weighted by Gasteiger charge is -2.27. The standard InChI is InChI=1S/C13H15F3N2O3S/c1-8-10(13(14,15)16)3-2-9(11(8)17)12(19)18-4-6-22(20,21)7-5-18/h2-3H,4-7,17H2,1H3. The van der Waals surface area contributed by atoms with Crippen LogP contribution in [0.1, 0.15) is 21.5 Å². The first-order valence-electron chi connectivity index (χ1n) is 6.49. The molecule has 0 unspecified atom stereocenters. The molecule has 122 valence electrons. The number of benzene rings is 1. The summed E-state index contributed by atoms with van der Waals surface area (Å²) in [6, 6.07) is 1.86. The first-order valence-corrected chi connectivity index (χ1v) is 8.31. The van der Waals surface area contributed by atoms with Gasteiger partial charge in [-0.3, -0.25) is 4.79 Å². The van der Waals surface area contributed by atoms with Crippen LogP contribution in [0, 0.1) is 6.92 Å². The van der Waals surface area contributed by atoms with Crippen molar-refractivity contribution in [3.8, 4) is 0 Å². The highest BCUT2D eigenvalue weighted by Gasteiger charge is 2.34. The molecule has 0 aliphatic carbocycles. The van der Waals surface area contributed by atoms with Crippen molar-refractivity contribution in [3.05, 3.63) is 28.8 Å². The highest BCUT2D eigenvalue weighted by atomic mass is 32.2. The Morgan fingerprint density at radius 2 is 1.77 bits per heavy atom. The van der Waals surface area contributed by atoms with Crippen LogP contribution in [-0.2, 0) is 16.0 Å². The van der Waals surface area contributed by atoms with Gasteiger partial charge in [-0.15, -0.1) is 0 Å². The number of nitrogen functional groups attached to an aromatic ring is 1. The maximum absolute atomic E-state index is 12.8. The summed E-state index contributed by atoms with van der Waals surface area (Å²) in [5.41, 5.74) is 4.32. The Morgan fingerprint density at radius 3 is 2.27 bits per heavy atom. The van der Waals surface area contributed by atoms with Crippen LogP contribution in [-0.4, -0.2) is 43.8 Å². The van der Waals surface area contributed by atoms with Gasteiger partial charge in [0.1, 0.15) is 0 Å². The van der Waals surface area contributed by atoms with Crippen molar-refractivity contribution in [1.82, 2.24) is 4.90 Å². The molecule has 1 saturated heterocycles. The minimum absolute atomic E-state index is 0.0146. The Bertz CT molecular complexity index is 700. The SMILES string of the molecule is Cc1c(C(F)(F)F)ccc(C(=O)N2CCS(=O)(=O)CC2)c1N. The van der Waals surface area contributed by atoms with Crippen molar-refractivity contribution >= 4 is 21.4 Å². The number of amides is 1. The summed E-state index contributed by atoms with van der Waals surface area (Å²) in [6.07, 6.45) is -4.54. The molecular formula is C13H15F3N2O3S. The number of hydrogen-bond acceptors (Lipinski definition) is 4. The number of carbonyl (C=O) groups is 1. The molecule has 0 atom stereocenters. The van der Waals surface area contributed by atoms with Gasteiger partial charge in [0.25, 0.3) is 5.91 Å². The number of carbonyl (C=O) groups excluding carboxylic acids is 1. The number of hydrogen-bond donors (Lipinski definition) is 1. The molecule has 1 fully saturated rings. The van der Waals surface area contributed by atoms with E-state index < -0.39 is 27.5 Å². The van der Waals surface area contributed by atoms with Crippen molar-refractivity contribution in [2.75, 3.05) is 30.3 Å². The normalized spacial score (nSPS) is 18.3. The maximum Gasteiger partial charge on any atom is 0.416 e. The molecule has 1 heterocycles. The second kappa shape index (κ2) is 5.45. The summed E-state index contributed by atoms with van der Waals surface area (Å²) in [5.74, 6) is -0.861. The van der Waals surface area contributed by atoms with E-state index in [1.807, 2.05) is 0 Å². The number of nitrogens with two attached hydrogens (primary N) is 1. The quantitative estimate of drug-likeness (QED) is 0.788. The van der Waals surface area contributed by atoms with Gasteiger partial charge in [0.15, 0.2) is 9.84 Å². The molecule has 22 heavy (non-hydrogen) atoms. The lowest BCUT2D eigenvalue weighted by molar-refractivity contribution is -0.138. The van der Waals surface area contributed by atoms with Gasteiger partial charge >= 0.3 is 6.18 Å². The van der Waals surface area contributed by atoms with Crippen LogP contribution >= 0.6 is 0 Å². The summed E-state index contributed by atoms with van der Waals surface area (Å²) in [4.78, 5) is 13.6. The summed E-state index contributed by atoms with van der Waals surface area (Å²) >= 11 is 0. The zero-order valence-corrected chi connectivity index (χ0v) is 12.6. The molecule has 0 aromatic heterocycles. The predicted octanol–water partition coefficient (Wildman–Crippen LogP) is 1.47. The molecule has 1 amide bonds. The van der Waals surface area contributed by atoms with Crippen molar-refractivity contribution in [2.45, 2.75) is 13.1 Å². The minimum Gasteiger partial charge on any atom is -0.398 e. The Hall–Kier alpha value is -1.77. The van der Waals surface area contributed by atoms with Crippen molar-refractivity contribution in [3.63, 3.8) is 0 Å². The molecule has 2 rings (SSSR count). The topological polar surface area (TPSA) is 80.5 Å². The largest absolute Gasteiger partial charge is 0.416 e. The number of sulfone groups is 1. The van der Waals surface area contributed by atoms with E-state index in [1.54, 1.807) is 0 Å². The summed E-state index contributed by atoms with van der Waals surface area (Å²) in [7, 11) is -3.15. The van der Waals surface area contributed by atoms with E-state index in [-0.39, 0.29) is 41.4 Å². The van der Waals surface area contributed by atoms with Crippen LogP contribution in [0.5, 0.6) is 0 Å². The van der Waals surface area contributed by atoms with E-state index in [1.165, 1.54) is 11.8 Å². The fourth-order valence-electron chi connectivity index (χ4n) is 2.31. The number of nitrogens with zero attached hydrogens (tertiary/aromatic N) is 1. The minimum atomic E-state index is -4.54.